The highest BCUT2D eigenvalue weighted by Gasteiger charge is 2.32. The molecule has 2 aliphatic rings. The molecule has 13 heteroatoms. The molecule has 40 heavy (non-hydrogen) atoms. The van der Waals surface area contributed by atoms with E-state index in [9.17, 15) is 18.0 Å². The molecule has 3 aromatic rings. The molecule has 0 spiro atoms. The highest BCUT2D eigenvalue weighted by atomic mass is 35.5. The van der Waals surface area contributed by atoms with Crippen LogP contribution in [0.2, 0.25) is 5.02 Å². The highest BCUT2D eigenvalue weighted by Crippen LogP contribution is 2.36. The zero-order chi connectivity index (χ0) is 28.4. The number of hydrogen-bond donors (Lipinski definition) is 2. The third kappa shape index (κ3) is 5.80. The van der Waals surface area contributed by atoms with Crippen LogP contribution >= 0.6 is 11.6 Å². The Balaban J connectivity index is 1.21. The predicted octanol–water partition coefficient (Wildman–Crippen LogP) is 3.11. The first-order valence-corrected chi connectivity index (χ1v) is 15.4. The van der Waals surface area contributed by atoms with Crippen molar-refractivity contribution in [2.24, 2.45) is 0 Å². The number of benzene rings is 1. The molecule has 2 amide bonds. The standard InChI is InChI=1S/C27H33ClN6O5S/c1-2-19-16-29-26-24(19)25(28)22(17-30-26)20-5-3-6-21(15-20)34-13-12-33(18-23(34)35)40(38,39)14-4-7-31-8-10-32(11-9-31)27(36)37/h3,5-6,15-17H,2,4,7-14,18H2,1H3,(H,29,30)(H,36,37). The fraction of sp³-hybridized carbons (Fsp3) is 0.444. The maximum Gasteiger partial charge on any atom is 0.407 e. The lowest BCUT2D eigenvalue weighted by molar-refractivity contribution is -0.119. The number of carbonyl (C=O) groups is 2. The van der Waals surface area contributed by atoms with E-state index in [1.807, 2.05) is 30.5 Å². The summed E-state index contributed by atoms with van der Waals surface area (Å²) >= 11 is 6.81. The molecular weight excluding hydrogens is 556 g/mol. The Kier molecular flexibility index (Phi) is 8.31. The Morgan fingerprint density at radius 3 is 2.62 bits per heavy atom. The van der Waals surface area contributed by atoms with Crippen LogP contribution in [0.1, 0.15) is 18.9 Å². The van der Waals surface area contributed by atoms with Gasteiger partial charge in [0.2, 0.25) is 15.9 Å². The van der Waals surface area contributed by atoms with Crippen LogP contribution in [0.3, 0.4) is 0 Å². The Labute approximate surface area is 238 Å². The van der Waals surface area contributed by atoms with Crippen LogP contribution in [-0.4, -0.2) is 108 Å². The molecule has 0 aliphatic carbocycles. The zero-order valence-corrected chi connectivity index (χ0v) is 23.9. The number of piperazine rings is 2. The van der Waals surface area contributed by atoms with Crippen molar-refractivity contribution < 1.29 is 23.1 Å². The molecule has 2 aromatic heterocycles. The number of aryl methyl sites for hydroxylation is 1. The van der Waals surface area contributed by atoms with E-state index >= 15 is 0 Å². The summed E-state index contributed by atoms with van der Waals surface area (Å²) in [6.45, 7) is 4.90. The summed E-state index contributed by atoms with van der Waals surface area (Å²) in [5.74, 6) is -0.336. The number of nitrogens with zero attached hydrogens (tertiary/aromatic N) is 5. The van der Waals surface area contributed by atoms with E-state index in [1.165, 1.54) is 9.21 Å². The van der Waals surface area contributed by atoms with Gasteiger partial charge in [0.25, 0.3) is 0 Å². The summed E-state index contributed by atoms with van der Waals surface area (Å²) in [6.07, 6.45) is 3.95. The number of rotatable bonds is 8. The van der Waals surface area contributed by atoms with Crippen molar-refractivity contribution in [3.63, 3.8) is 0 Å². The summed E-state index contributed by atoms with van der Waals surface area (Å²) in [5, 5.41) is 10.6. The van der Waals surface area contributed by atoms with Gasteiger partial charge in [-0.2, -0.15) is 4.31 Å². The smallest absolute Gasteiger partial charge is 0.407 e. The molecule has 0 bridgehead atoms. The molecule has 2 aliphatic heterocycles. The minimum Gasteiger partial charge on any atom is -0.465 e. The van der Waals surface area contributed by atoms with E-state index < -0.39 is 16.1 Å². The molecule has 0 radical (unpaired) electrons. The van der Waals surface area contributed by atoms with Crippen molar-refractivity contribution in [3.05, 3.63) is 47.2 Å². The van der Waals surface area contributed by atoms with Crippen LogP contribution < -0.4 is 4.90 Å². The fourth-order valence-corrected chi connectivity index (χ4v) is 7.15. The molecule has 0 atom stereocenters. The van der Waals surface area contributed by atoms with Gasteiger partial charge in [-0.15, -0.1) is 0 Å². The lowest BCUT2D eigenvalue weighted by Crippen LogP contribution is -2.53. The monoisotopic (exact) mass is 588 g/mol. The summed E-state index contributed by atoms with van der Waals surface area (Å²) in [5.41, 5.74) is 4.09. The number of carbonyl (C=O) groups excluding carboxylic acids is 1. The van der Waals surface area contributed by atoms with Crippen LogP contribution in [0.15, 0.2) is 36.7 Å². The van der Waals surface area contributed by atoms with Gasteiger partial charge < -0.3 is 19.9 Å². The Hall–Kier alpha value is -3.19. The quantitative estimate of drug-likeness (QED) is 0.413. The number of carboxylic acid groups (broad SMARTS) is 1. The molecule has 4 heterocycles. The number of sulfonamides is 1. The first-order chi connectivity index (χ1) is 19.2. The molecule has 2 N–H and O–H groups in total. The van der Waals surface area contributed by atoms with Gasteiger partial charge in [0.15, 0.2) is 0 Å². The van der Waals surface area contributed by atoms with Crippen LogP contribution in [0.4, 0.5) is 10.5 Å². The lowest BCUT2D eigenvalue weighted by Gasteiger charge is -2.34. The van der Waals surface area contributed by atoms with Gasteiger partial charge in [-0.25, -0.2) is 18.2 Å². The van der Waals surface area contributed by atoms with Gasteiger partial charge in [-0.05, 0) is 42.6 Å². The fourth-order valence-electron chi connectivity index (χ4n) is 5.36. The largest absolute Gasteiger partial charge is 0.465 e. The lowest BCUT2D eigenvalue weighted by atomic mass is 10.0. The third-order valence-corrected chi connectivity index (χ3v) is 9.96. The number of fused-ring (bicyclic) bond motifs is 1. The second-order valence-electron chi connectivity index (χ2n) is 10.1. The number of H-pyrrole nitrogens is 1. The van der Waals surface area contributed by atoms with Gasteiger partial charge in [0.1, 0.15) is 5.65 Å². The van der Waals surface area contributed by atoms with Crippen molar-refractivity contribution in [3.8, 4) is 11.1 Å². The van der Waals surface area contributed by atoms with Crippen molar-refractivity contribution in [1.82, 2.24) is 24.1 Å². The average molecular weight is 589 g/mol. The minimum atomic E-state index is -3.60. The Morgan fingerprint density at radius 1 is 1.15 bits per heavy atom. The maximum atomic E-state index is 13.1. The predicted molar refractivity (Wildman–Crippen MR) is 154 cm³/mol. The summed E-state index contributed by atoms with van der Waals surface area (Å²) < 4.78 is 27.3. The van der Waals surface area contributed by atoms with E-state index in [4.69, 9.17) is 16.7 Å². The molecule has 0 saturated carbocycles. The summed E-state index contributed by atoms with van der Waals surface area (Å²) in [7, 11) is -3.60. The number of pyridine rings is 1. The molecule has 2 fully saturated rings. The normalized spacial score (nSPS) is 17.6. The molecule has 214 valence electrons. The van der Waals surface area contributed by atoms with E-state index in [0.29, 0.717) is 49.9 Å². The van der Waals surface area contributed by atoms with E-state index in [0.717, 1.165) is 34.1 Å². The maximum absolute atomic E-state index is 13.1. The van der Waals surface area contributed by atoms with Crippen LogP contribution in [0.25, 0.3) is 22.2 Å². The van der Waals surface area contributed by atoms with Crippen LogP contribution in [0.5, 0.6) is 0 Å². The first-order valence-electron chi connectivity index (χ1n) is 13.4. The number of aromatic amines is 1. The molecule has 11 nitrogen and oxygen atoms in total. The summed E-state index contributed by atoms with van der Waals surface area (Å²) in [4.78, 5) is 36.9. The first kappa shape index (κ1) is 28.3. The Bertz CT molecular complexity index is 1520. The zero-order valence-electron chi connectivity index (χ0n) is 22.3. The molecule has 0 unspecified atom stereocenters. The van der Waals surface area contributed by atoms with Crippen LogP contribution in [0, 0.1) is 0 Å². The van der Waals surface area contributed by atoms with Gasteiger partial charge in [0, 0.05) is 68.3 Å². The number of amides is 2. The second kappa shape index (κ2) is 11.7. The minimum absolute atomic E-state index is 0.0538. The highest BCUT2D eigenvalue weighted by molar-refractivity contribution is 7.89. The van der Waals surface area contributed by atoms with E-state index in [-0.39, 0.29) is 31.3 Å². The topological polar surface area (TPSA) is 130 Å². The number of aromatic nitrogens is 2. The van der Waals surface area contributed by atoms with Gasteiger partial charge in [-0.3, -0.25) is 9.69 Å². The van der Waals surface area contributed by atoms with Gasteiger partial charge in [0.05, 0.1) is 17.3 Å². The number of halogens is 1. The average Bonchev–Trinajstić information content (AvgIpc) is 3.38. The van der Waals surface area contributed by atoms with Crippen molar-refractivity contribution in [2.45, 2.75) is 19.8 Å². The molecule has 5 rings (SSSR count). The van der Waals surface area contributed by atoms with Crippen molar-refractivity contribution >= 4 is 50.3 Å². The van der Waals surface area contributed by atoms with Gasteiger partial charge in [-0.1, -0.05) is 30.7 Å². The van der Waals surface area contributed by atoms with E-state index in [1.54, 1.807) is 11.1 Å². The number of hydrogen-bond acceptors (Lipinski definition) is 6. The number of nitrogens with one attached hydrogen (secondary N) is 1. The molecule has 1 aromatic carbocycles. The SMILES string of the molecule is CCc1c[nH]c2ncc(-c3cccc(N4CCN(S(=O)(=O)CCCN5CCN(C(=O)O)CC5)CC4=O)c3)c(Cl)c12. The van der Waals surface area contributed by atoms with Crippen molar-refractivity contribution in [1.29, 1.82) is 0 Å². The van der Waals surface area contributed by atoms with Crippen molar-refractivity contribution in [2.75, 3.05) is 63.0 Å². The van der Waals surface area contributed by atoms with Crippen LogP contribution in [-0.2, 0) is 21.2 Å². The third-order valence-electron chi connectivity index (χ3n) is 7.67. The van der Waals surface area contributed by atoms with Gasteiger partial charge >= 0.3 is 6.09 Å². The second-order valence-corrected chi connectivity index (χ2v) is 12.6. The molecule has 2 saturated heterocycles. The molecular formula is C27H33ClN6O5S. The number of anilines is 1. The summed E-state index contributed by atoms with van der Waals surface area (Å²) in [6, 6.07) is 7.50. The Morgan fingerprint density at radius 2 is 1.93 bits per heavy atom. The van der Waals surface area contributed by atoms with E-state index in [2.05, 4.69) is 21.8 Å².